The second kappa shape index (κ2) is 14.1. The molecule has 0 aromatic heterocycles. The molecule has 3 amide bonds. The average Bonchev–Trinajstić information content (AvgIpc) is 2.98. The van der Waals surface area contributed by atoms with E-state index in [9.17, 15) is 24.5 Å². The molecule has 0 saturated heterocycles. The Labute approximate surface area is 251 Å². The van der Waals surface area contributed by atoms with E-state index in [4.69, 9.17) is 11.6 Å². The van der Waals surface area contributed by atoms with Crippen LogP contribution in [-0.2, 0) is 9.59 Å². The number of hydrogen-bond donors (Lipinski definition) is 3. The third kappa shape index (κ3) is 8.29. The standard InChI is InChI=1S/C31H25ClN4O5S/c1-20-14-15-23(32)17-26(20)34-29(37)19-42-25-12-7-11-24(18-25)33-31(39)27(35-30(38)21-8-3-2-4-9-21)16-22-10-5-6-13-28(22)36(40)41/h2-18H,19H2,1H3,(H,33,39)(H,34,37)(H,35,38)/b27-16+. The van der Waals surface area contributed by atoms with Gasteiger partial charge < -0.3 is 16.0 Å². The number of hydrogen-bond acceptors (Lipinski definition) is 6. The number of nitrogens with one attached hydrogen (secondary N) is 3. The Morgan fingerprint density at radius 3 is 2.40 bits per heavy atom. The van der Waals surface area contributed by atoms with Crippen molar-refractivity contribution < 1.29 is 19.3 Å². The van der Waals surface area contributed by atoms with Gasteiger partial charge in [-0.05, 0) is 67.1 Å². The Morgan fingerprint density at radius 2 is 1.64 bits per heavy atom. The highest BCUT2D eigenvalue weighted by Crippen LogP contribution is 2.25. The number of carbonyl (C=O) groups is 3. The molecule has 42 heavy (non-hydrogen) atoms. The van der Waals surface area contributed by atoms with Crippen LogP contribution in [-0.4, -0.2) is 28.4 Å². The van der Waals surface area contributed by atoms with Crippen molar-refractivity contribution in [3.05, 3.63) is 135 Å². The monoisotopic (exact) mass is 600 g/mol. The van der Waals surface area contributed by atoms with Gasteiger partial charge in [0.1, 0.15) is 5.70 Å². The molecule has 11 heteroatoms. The number of carbonyl (C=O) groups excluding carboxylic acids is 3. The van der Waals surface area contributed by atoms with Gasteiger partial charge in [-0.15, -0.1) is 11.8 Å². The molecule has 0 aliphatic carbocycles. The summed E-state index contributed by atoms with van der Waals surface area (Å²) in [5, 5.41) is 20.2. The van der Waals surface area contributed by atoms with Crippen molar-refractivity contribution in [2.45, 2.75) is 11.8 Å². The van der Waals surface area contributed by atoms with Gasteiger partial charge in [-0.25, -0.2) is 0 Å². The molecule has 0 radical (unpaired) electrons. The summed E-state index contributed by atoms with van der Waals surface area (Å²) in [6.07, 6.45) is 1.26. The maximum absolute atomic E-state index is 13.4. The van der Waals surface area contributed by atoms with Gasteiger partial charge in [-0.3, -0.25) is 24.5 Å². The van der Waals surface area contributed by atoms with Gasteiger partial charge in [0.15, 0.2) is 0 Å². The van der Waals surface area contributed by atoms with E-state index in [2.05, 4.69) is 16.0 Å². The molecule has 4 aromatic rings. The van der Waals surface area contributed by atoms with Gasteiger partial charge in [0.25, 0.3) is 17.5 Å². The highest BCUT2D eigenvalue weighted by Gasteiger charge is 2.18. The summed E-state index contributed by atoms with van der Waals surface area (Å²) < 4.78 is 0. The first kappa shape index (κ1) is 30.0. The smallest absolute Gasteiger partial charge is 0.276 e. The fourth-order valence-corrected chi connectivity index (χ4v) is 4.73. The maximum atomic E-state index is 13.4. The SMILES string of the molecule is Cc1ccc(Cl)cc1NC(=O)CSc1cccc(NC(=O)/C(=C\c2ccccc2[N+](=O)[O-])NC(=O)c2ccccc2)c1. The van der Waals surface area contributed by atoms with Crippen molar-refractivity contribution in [3.63, 3.8) is 0 Å². The van der Waals surface area contributed by atoms with Gasteiger partial charge in [-0.1, -0.05) is 54.1 Å². The zero-order valence-corrected chi connectivity index (χ0v) is 23.9. The van der Waals surface area contributed by atoms with Gasteiger partial charge in [-0.2, -0.15) is 0 Å². The summed E-state index contributed by atoms with van der Waals surface area (Å²) in [6, 6.07) is 26.3. The number of para-hydroxylation sites is 1. The lowest BCUT2D eigenvalue weighted by Crippen LogP contribution is -2.30. The second-order valence-corrected chi connectivity index (χ2v) is 10.5. The van der Waals surface area contributed by atoms with Crippen molar-refractivity contribution >= 4 is 64.2 Å². The largest absolute Gasteiger partial charge is 0.325 e. The number of benzene rings is 4. The predicted molar refractivity (Wildman–Crippen MR) is 166 cm³/mol. The van der Waals surface area contributed by atoms with Crippen LogP contribution in [0.25, 0.3) is 6.08 Å². The Morgan fingerprint density at radius 1 is 0.905 bits per heavy atom. The zero-order valence-electron chi connectivity index (χ0n) is 22.3. The molecule has 0 aliphatic heterocycles. The molecule has 0 unspecified atom stereocenters. The minimum Gasteiger partial charge on any atom is -0.325 e. The first-order valence-corrected chi connectivity index (χ1v) is 14.0. The topological polar surface area (TPSA) is 130 Å². The minimum atomic E-state index is -0.686. The lowest BCUT2D eigenvalue weighted by molar-refractivity contribution is -0.385. The molecular formula is C31H25ClN4O5S. The third-order valence-electron chi connectivity index (χ3n) is 5.90. The van der Waals surface area contributed by atoms with E-state index >= 15 is 0 Å². The van der Waals surface area contributed by atoms with Crippen LogP contribution in [0.15, 0.2) is 108 Å². The Balaban J connectivity index is 1.50. The van der Waals surface area contributed by atoms with Crippen molar-refractivity contribution in [2.75, 3.05) is 16.4 Å². The Kier molecular flexibility index (Phi) is 10.1. The molecular weight excluding hydrogens is 576 g/mol. The Bertz CT molecular complexity index is 1680. The van der Waals surface area contributed by atoms with Crippen LogP contribution in [0.5, 0.6) is 0 Å². The minimum absolute atomic E-state index is 0.110. The molecule has 0 heterocycles. The van der Waals surface area contributed by atoms with Crippen LogP contribution in [0, 0.1) is 17.0 Å². The highest BCUT2D eigenvalue weighted by atomic mass is 35.5. The van der Waals surface area contributed by atoms with Gasteiger partial charge in [0, 0.05) is 32.9 Å². The quantitative estimate of drug-likeness (QED) is 0.0804. The van der Waals surface area contributed by atoms with E-state index in [1.54, 1.807) is 72.8 Å². The van der Waals surface area contributed by atoms with Crippen molar-refractivity contribution in [2.24, 2.45) is 0 Å². The zero-order chi connectivity index (χ0) is 30.1. The van der Waals surface area contributed by atoms with Crippen LogP contribution < -0.4 is 16.0 Å². The molecule has 4 rings (SSSR count). The van der Waals surface area contributed by atoms with E-state index < -0.39 is 16.7 Å². The van der Waals surface area contributed by atoms with Gasteiger partial charge >= 0.3 is 0 Å². The van der Waals surface area contributed by atoms with Crippen molar-refractivity contribution in [1.82, 2.24) is 5.32 Å². The summed E-state index contributed by atoms with van der Waals surface area (Å²) in [6.45, 7) is 1.87. The number of anilines is 2. The highest BCUT2D eigenvalue weighted by molar-refractivity contribution is 8.00. The first-order chi connectivity index (χ1) is 20.2. The number of nitro benzene ring substituents is 1. The van der Waals surface area contributed by atoms with Crippen molar-refractivity contribution in [1.29, 1.82) is 0 Å². The lowest BCUT2D eigenvalue weighted by atomic mass is 10.1. The number of rotatable bonds is 10. The third-order valence-corrected chi connectivity index (χ3v) is 7.13. The number of halogens is 1. The molecule has 212 valence electrons. The van der Waals surface area contributed by atoms with Crippen LogP contribution in [0.2, 0.25) is 5.02 Å². The number of thioether (sulfide) groups is 1. The molecule has 0 fully saturated rings. The molecule has 0 bridgehead atoms. The normalized spacial score (nSPS) is 11.0. The van der Waals surface area contributed by atoms with E-state index in [-0.39, 0.29) is 28.6 Å². The molecule has 0 aliphatic rings. The van der Waals surface area contributed by atoms with E-state index in [0.717, 1.165) is 5.56 Å². The fraction of sp³-hybridized carbons (Fsp3) is 0.0645. The molecule has 3 N–H and O–H groups in total. The predicted octanol–water partition coefficient (Wildman–Crippen LogP) is 6.70. The molecule has 0 saturated carbocycles. The summed E-state index contributed by atoms with van der Waals surface area (Å²) in [5.74, 6) is -1.35. The van der Waals surface area contributed by atoms with E-state index in [1.165, 1.54) is 36.0 Å². The van der Waals surface area contributed by atoms with Crippen molar-refractivity contribution in [3.8, 4) is 0 Å². The fourth-order valence-electron chi connectivity index (χ4n) is 3.80. The maximum Gasteiger partial charge on any atom is 0.276 e. The van der Waals surface area contributed by atoms with Crippen LogP contribution in [0.4, 0.5) is 17.1 Å². The van der Waals surface area contributed by atoms with Crippen LogP contribution in [0.1, 0.15) is 21.5 Å². The number of amides is 3. The number of nitro groups is 1. The van der Waals surface area contributed by atoms with Gasteiger partial charge in [0.05, 0.1) is 16.2 Å². The lowest BCUT2D eigenvalue weighted by Gasteiger charge is -2.12. The first-order valence-electron chi connectivity index (χ1n) is 12.6. The second-order valence-electron chi connectivity index (χ2n) is 8.97. The molecule has 0 atom stereocenters. The molecule has 9 nitrogen and oxygen atoms in total. The van der Waals surface area contributed by atoms with E-state index in [0.29, 0.717) is 26.9 Å². The number of nitrogens with zero attached hydrogens (tertiary/aromatic N) is 1. The van der Waals surface area contributed by atoms with Crippen LogP contribution in [0.3, 0.4) is 0 Å². The average molecular weight is 601 g/mol. The summed E-state index contributed by atoms with van der Waals surface area (Å²) in [4.78, 5) is 50.5. The molecule has 0 spiro atoms. The van der Waals surface area contributed by atoms with E-state index in [1.807, 2.05) is 13.0 Å². The molecule has 4 aromatic carbocycles. The summed E-state index contributed by atoms with van der Waals surface area (Å²) in [7, 11) is 0. The Hall–Kier alpha value is -4.93. The number of aryl methyl sites for hydroxylation is 1. The van der Waals surface area contributed by atoms with Crippen LogP contribution >= 0.6 is 23.4 Å². The summed E-state index contributed by atoms with van der Waals surface area (Å²) >= 11 is 7.30. The summed E-state index contributed by atoms with van der Waals surface area (Å²) in [5.41, 5.74) is 1.96. The van der Waals surface area contributed by atoms with Gasteiger partial charge in [0.2, 0.25) is 5.91 Å².